The molecule has 0 saturated carbocycles. The number of rotatable bonds is 6. The molecule has 0 spiro atoms. The van der Waals surface area contributed by atoms with Crippen molar-refractivity contribution in [3.05, 3.63) is 77.2 Å². The van der Waals surface area contributed by atoms with E-state index in [1.54, 1.807) is 7.11 Å². The largest absolute Gasteiger partial charge is 0.497 e. The van der Waals surface area contributed by atoms with Gasteiger partial charge in [0.05, 0.1) is 19.0 Å². The quantitative estimate of drug-likeness (QED) is 0.508. The molecule has 0 aliphatic carbocycles. The van der Waals surface area contributed by atoms with Gasteiger partial charge in [0.15, 0.2) is 0 Å². The van der Waals surface area contributed by atoms with E-state index >= 15 is 0 Å². The van der Waals surface area contributed by atoms with E-state index in [4.69, 9.17) is 4.74 Å². The van der Waals surface area contributed by atoms with Crippen LogP contribution < -0.4 is 10.1 Å². The average Bonchev–Trinajstić information content (AvgIpc) is 3.26. The molecule has 0 fully saturated rings. The molecule has 4 rings (SSSR count). The Kier molecular flexibility index (Phi) is 4.92. The SMILES string of the molecule is COc1ccc2[nH]c(CN[C@H](C)c3cnn(-c4ccccc4)c3C)c(C)c2c1. The molecule has 2 heterocycles. The summed E-state index contributed by atoms with van der Waals surface area (Å²) in [6, 6.07) is 16.6. The molecule has 0 bridgehead atoms. The molecule has 0 aliphatic heterocycles. The van der Waals surface area contributed by atoms with Crippen LogP contribution in [0.25, 0.3) is 16.6 Å². The van der Waals surface area contributed by atoms with Gasteiger partial charge in [0.25, 0.3) is 0 Å². The number of hydrogen-bond acceptors (Lipinski definition) is 3. The van der Waals surface area contributed by atoms with Crippen molar-refractivity contribution < 1.29 is 4.74 Å². The molecular weight excluding hydrogens is 348 g/mol. The molecule has 2 N–H and O–H groups in total. The monoisotopic (exact) mass is 374 g/mol. The van der Waals surface area contributed by atoms with Crippen LogP contribution in [-0.2, 0) is 6.54 Å². The summed E-state index contributed by atoms with van der Waals surface area (Å²) in [5, 5.41) is 9.43. The second kappa shape index (κ2) is 7.52. The number of para-hydroxylation sites is 1. The van der Waals surface area contributed by atoms with Gasteiger partial charge in [-0.1, -0.05) is 18.2 Å². The van der Waals surface area contributed by atoms with Crippen molar-refractivity contribution in [1.82, 2.24) is 20.1 Å². The maximum absolute atomic E-state index is 5.36. The van der Waals surface area contributed by atoms with Gasteiger partial charge in [-0.25, -0.2) is 4.68 Å². The fraction of sp³-hybridized carbons (Fsp3) is 0.261. The van der Waals surface area contributed by atoms with Crippen LogP contribution in [0.1, 0.15) is 35.5 Å². The number of methoxy groups -OCH3 is 1. The number of fused-ring (bicyclic) bond motifs is 1. The van der Waals surface area contributed by atoms with Gasteiger partial charge in [0, 0.05) is 40.4 Å². The van der Waals surface area contributed by atoms with Gasteiger partial charge >= 0.3 is 0 Å². The number of ether oxygens (including phenoxy) is 1. The van der Waals surface area contributed by atoms with Crippen molar-refractivity contribution in [2.24, 2.45) is 0 Å². The molecule has 0 saturated heterocycles. The van der Waals surface area contributed by atoms with Crippen LogP contribution in [0, 0.1) is 13.8 Å². The van der Waals surface area contributed by atoms with Crippen LogP contribution in [0.4, 0.5) is 0 Å². The van der Waals surface area contributed by atoms with Crippen LogP contribution in [0.15, 0.2) is 54.7 Å². The first kappa shape index (κ1) is 18.3. The van der Waals surface area contributed by atoms with Crippen molar-refractivity contribution >= 4 is 10.9 Å². The number of benzene rings is 2. The van der Waals surface area contributed by atoms with E-state index in [1.807, 2.05) is 35.1 Å². The number of nitrogens with one attached hydrogen (secondary N) is 2. The van der Waals surface area contributed by atoms with Crippen LogP contribution in [-0.4, -0.2) is 21.9 Å². The first-order valence-corrected chi connectivity index (χ1v) is 9.57. The van der Waals surface area contributed by atoms with E-state index in [1.165, 1.54) is 22.2 Å². The Hall–Kier alpha value is -3.05. The minimum absolute atomic E-state index is 0.192. The highest BCUT2D eigenvalue weighted by molar-refractivity contribution is 5.85. The van der Waals surface area contributed by atoms with Crippen LogP contribution in [0.3, 0.4) is 0 Å². The molecule has 1 atom stereocenters. The predicted octanol–water partition coefficient (Wildman–Crippen LogP) is 4.83. The standard InChI is InChI=1S/C23H26N4O/c1-15-20-12-19(28-4)10-11-22(20)26-23(15)14-24-16(2)21-13-25-27(17(21)3)18-8-6-5-7-9-18/h5-13,16,24,26H,14H2,1-4H3/t16-/m1/s1. The molecule has 5 heteroatoms. The highest BCUT2D eigenvalue weighted by Crippen LogP contribution is 2.27. The van der Waals surface area contributed by atoms with Crippen molar-refractivity contribution in [2.75, 3.05) is 7.11 Å². The number of aromatic amines is 1. The minimum Gasteiger partial charge on any atom is -0.497 e. The first-order valence-electron chi connectivity index (χ1n) is 9.57. The highest BCUT2D eigenvalue weighted by atomic mass is 16.5. The van der Waals surface area contributed by atoms with E-state index < -0.39 is 0 Å². The predicted molar refractivity (Wildman–Crippen MR) is 113 cm³/mol. The molecule has 4 aromatic rings. The Morgan fingerprint density at radius 3 is 2.68 bits per heavy atom. The molecule has 2 aromatic heterocycles. The first-order chi connectivity index (χ1) is 13.6. The Morgan fingerprint density at radius 2 is 1.93 bits per heavy atom. The molecular formula is C23H26N4O. The van der Waals surface area contributed by atoms with Crippen molar-refractivity contribution in [1.29, 1.82) is 0 Å². The van der Waals surface area contributed by atoms with Crippen LogP contribution >= 0.6 is 0 Å². The van der Waals surface area contributed by atoms with Gasteiger partial charge < -0.3 is 15.0 Å². The van der Waals surface area contributed by atoms with Gasteiger partial charge in [-0.15, -0.1) is 0 Å². The van der Waals surface area contributed by atoms with Gasteiger partial charge in [0.2, 0.25) is 0 Å². The third kappa shape index (κ3) is 3.29. The second-order valence-corrected chi connectivity index (χ2v) is 7.18. The lowest BCUT2D eigenvalue weighted by Crippen LogP contribution is -2.19. The summed E-state index contributed by atoms with van der Waals surface area (Å²) in [7, 11) is 1.70. The summed E-state index contributed by atoms with van der Waals surface area (Å²) in [4.78, 5) is 3.53. The Labute approximate surface area is 165 Å². The third-order valence-corrected chi connectivity index (χ3v) is 5.47. The molecule has 0 aliphatic rings. The highest BCUT2D eigenvalue weighted by Gasteiger charge is 2.15. The minimum atomic E-state index is 0.192. The number of hydrogen-bond donors (Lipinski definition) is 2. The Balaban J connectivity index is 1.52. The zero-order valence-corrected chi connectivity index (χ0v) is 16.8. The van der Waals surface area contributed by atoms with Gasteiger partial charge in [0.1, 0.15) is 5.75 Å². The van der Waals surface area contributed by atoms with E-state index in [0.29, 0.717) is 0 Å². The maximum Gasteiger partial charge on any atom is 0.119 e. The van der Waals surface area contributed by atoms with Crippen molar-refractivity contribution in [3.8, 4) is 11.4 Å². The lowest BCUT2D eigenvalue weighted by molar-refractivity contribution is 0.415. The lowest BCUT2D eigenvalue weighted by atomic mass is 10.1. The number of nitrogens with zero attached hydrogens (tertiary/aromatic N) is 2. The smallest absolute Gasteiger partial charge is 0.119 e. The maximum atomic E-state index is 5.36. The van der Waals surface area contributed by atoms with Gasteiger partial charge in [-0.05, 0) is 56.7 Å². The van der Waals surface area contributed by atoms with Crippen LogP contribution in [0.2, 0.25) is 0 Å². The molecule has 5 nitrogen and oxygen atoms in total. The molecule has 2 aromatic carbocycles. The molecule has 28 heavy (non-hydrogen) atoms. The lowest BCUT2D eigenvalue weighted by Gasteiger charge is -2.14. The third-order valence-electron chi connectivity index (χ3n) is 5.47. The normalized spacial score (nSPS) is 12.4. The summed E-state index contributed by atoms with van der Waals surface area (Å²) in [5.41, 5.74) is 7.03. The fourth-order valence-electron chi connectivity index (χ4n) is 3.71. The average molecular weight is 374 g/mol. The molecule has 0 unspecified atom stereocenters. The summed E-state index contributed by atoms with van der Waals surface area (Å²) in [5.74, 6) is 0.881. The van der Waals surface area contributed by atoms with E-state index in [-0.39, 0.29) is 6.04 Å². The molecule has 0 radical (unpaired) electrons. The van der Waals surface area contributed by atoms with E-state index in [2.05, 4.69) is 60.4 Å². The molecule has 0 amide bonds. The van der Waals surface area contributed by atoms with E-state index in [9.17, 15) is 0 Å². The summed E-state index contributed by atoms with van der Waals surface area (Å²) >= 11 is 0. The Bertz CT molecular complexity index is 1090. The van der Waals surface area contributed by atoms with Gasteiger partial charge in [-0.3, -0.25) is 0 Å². The topological polar surface area (TPSA) is 54.9 Å². The van der Waals surface area contributed by atoms with Crippen molar-refractivity contribution in [3.63, 3.8) is 0 Å². The van der Waals surface area contributed by atoms with E-state index in [0.717, 1.165) is 29.2 Å². The van der Waals surface area contributed by atoms with Crippen molar-refractivity contribution in [2.45, 2.75) is 33.4 Å². The summed E-state index contributed by atoms with van der Waals surface area (Å²) in [6.45, 7) is 7.22. The fourth-order valence-corrected chi connectivity index (χ4v) is 3.71. The number of aromatic nitrogens is 3. The number of aryl methyl sites for hydroxylation is 1. The molecule has 144 valence electrons. The zero-order valence-electron chi connectivity index (χ0n) is 16.8. The summed E-state index contributed by atoms with van der Waals surface area (Å²) < 4.78 is 7.35. The number of H-pyrrole nitrogens is 1. The Morgan fingerprint density at radius 1 is 1.14 bits per heavy atom. The zero-order chi connectivity index (χ0) is 19.7. The second-order valence-electron chi connectivity index (χ2n) is 7.18. The summed E-state index contributed by atoms with van der Waals surface area (Å²) in [6.07, 6.45) is 1.96. The van der Waals surface area contributed by atoms with Crippen LogP contribution in [0.5, 0.6) is 5.75 Å². The van der Waals surface area contributed by atoms with Gasteiger partial charge in [-0.2, -0.15) is 5.10 Å².